The number of rotatable bonds is 15. The average Bonchev–Trinajstić information content (AvgIpc) is 2.99. The van der Waals surface area contributed by atoms with Gasteiger partial charge in [-0.3, -0.25) is 9.59 Å². The standard InChI is InChI=1S/C34H38N4O2.BrH/c39-33(35-31-15-9-7-10-16-31)29-19-25-37(26-20-29)23-13-5-3-1-2-4-6-14-24-38-27-21-30(22-28-38)34(40)36-32-17-11-8-12-18-32;/h7-12,15-22,25-28H,1-6,13-14,23-24H2;1H/p+1. The molecule has 0 saturated heterocycles. The fourth-order valence-electron chi connectivity index (χ4n) is 4.61. The van der Waals surface area contributed by atoms with Crippen molar-refractivity contribution in [2.45, 2.75) is 64.5 Å². The van der Waals surface area contributed by atoms with Crippen molar-refractivity contribution in [3.05, 3.63) is 121 Å². The van der Waals surface area contributed by atoms with E-state index in [4.69, 9.17) is 0 Å². The Labute approximate surface area is 254 Å². The normalized spacial score (nSPS) is 10.4. The van der Waals surface area contributed by atoms with E-state index in [0.29, 0.717) is 11.1 Å². The number of hydrogen-bond acceptors (Lipinski definition) is 2. The molecule has 4 aromatic rings. The summed E-state index contributed by atoms with van der Waals surface area (Å²) in [6.45, 7) is 1.95. The molecule has 2 aromatic heterocycles. The Morgan fingerprint density at radius 1 is 0.463 bits per heavy atom. The lowest BCUT2D eigenvalue weighted by atomic mass is 10.1. The van der Waals surface area contributed by atoms with Gasteiger partial charge in [-0.05, 0) is 37.1 Å². The molecule has 2 N–H and O–H groups in total. The summed E-state index contributed by atoms with van der Waals surface area (Å²) in [5.74, 6) is -0.170. The van der Waals surface area contributed by atoms with Crippen LogP contribution in [-0.4, -0.2) is 11.8 Å². The van der Waals surface area contributed by atoms with Crippen molar-refractivity contribution < 1.29 is 35.7 Å². The Balaban J connectivity index is 0.00000462. The van der Waals surface area contributed by atoms with Crippen LogP contribution in [0.1, 0.15) is 72.1 Å². The van der Waals surface area contributed by atoms with Crippen LogP contribution in [0.4, 0.5) is 11.4 Å². The summed E-state index contributed by atoms with van der Waals surface area (Å²) in [4.78, 5) is 24.8. The molecule has 6 nitrogen and oxygen atoms in total. The Kier molecular flexibility index (Phi) is 13.7. The molecule has 2 heterocycles. The van der Waals surface area contributed by atoms with Crippen LogP contribution >= 0.6 is 0 Å². The van der Waals surface area contributed by atoms with Gasteiger partial charge in [0.2, 0.25) is 0 Å². The molecule has 0 radical (unpaired) electrons. The number of carbonyl (C=O) groups is 2. The van der Waals surface area contributed by atoms with Crippen LogP contribution in [0.2, 0.25) is 0 Å². The predicted octanol–water partition coefficient (Wildman–Crippen LogP) is 3.59. The van der Waals surface area contributed by atoms with Crippen molar-refractivity contribution in [3.8, 4) is 0 Å². The molecule has 0 spiro atoms. The van der Waals surface area contributed by atoms with Gasteiger partial charge in [-0.15, -0.1) is 0 Å². The van der Waals surface area contributed by atoms with Crippen molar-refractivity contribution >= 4 is 23.2 Å². The van der Waals surface area contributed by atoms with Gasteiger partial charge in [0.15, 0.2) is 24.8 Å². The van der Waals surface area contributed by atoms with E-state index in [1.54, 1.807) is 0 Å². The highest BCUT2D eigenvalue weighted by Crippen LogP contribution is 2.11. The van der Waals surface area contributed by atoms with Gasteiger partial charge >= 0.3 is 0 Å². The number of aromatic nitrogens is 2. The second-order valence-corrected chi connectivity index (χ2v) is 10.1. The van der Waals surface area contributed by atoms with Crippen LogP contribution in [0.15, 0.2) is 110 Å². The van der Waals surface area contributed by atoms with Crippen molar-refractivity contribution in [1.82, 2.24) is 0 Å². The third kappa shape index (κ3) is 11.3. The number of nitrogens with one attached hydrogen (secondary N) is 2. The highest BCUT2D eigenvalue weighted by Gasteiger charge is 2.10. The second-order valence-electron chi connectivity index (χ2n) is 10.1. The number of pyridine rings is 2. The summed E-state index contributed by atoms with van der Waals surface area (Å²) in [6, 6.07) is 26.6. The van der Waals surface area contributed by atoms with E-state index < -0.39 is 0 Å². The van der Waals surface area contributed by atoms with E-state index in [1.165, 1.54) is 38.5 Å². The number of unbranched alkanes of at least 4 members (excludes halogenated alkanes) is 7. The van der Waals surface area contributed by atoms with Crippen molar-refractivity contribution in [2.75, 3.05) is 10.6 Å². The lowest BCUT2D eigenvalue weighted by molar-refractivity contribution is -0.697. The summed E-state index contributed by atoms with van der Waals surface area (Å²) in [7, 11) is 0. The first-order valence-corrected chi connectivity index (χ1v) is 14.4. The third-order valence-electron chi connectivity index (χ3n) is 6.95. The third-order valence-corrected chi connectivity index (χ3v) is 6.95. The second kappa shape index (κ2) is 17.8. The smallest absolute Gasteiger partial charge is 0.256 e. The number of carbonyl (C=O) groups excluding carboxylic acids is 2. The SMILES string of the molecule is O=C(Nc1ccccc1)c1cc[n+](CCCCCCCCCC[n+]2ccc(C(=O)Nc3ccccc3)cc2)cc1.[Br-]. The Hall–Kier alpha value is -3.84. The Morgan fingerprint density at radius 2 is 0.780 bits per heavy atom. The van der Waals surface area contributed by atoms with E-state index in [-0.39, 0.29) is 28.8 Å². The first kappa shape index (κ1) is 31.7. The number of aryl methyl sites for hydroxylation is 2. The van der Waals surface area contributed by atoms with Crippen molar-refractivity contribution in [3.63, 3.8) is 0 Å². The molecule has 0 saturated carbocycles. The molecule has 2 aromatic carbocycles. The molecule has 0 bridgehead atoms. The van der Waals surface area contributed by atoms with Gasteiger partial charge in [-0.2, -0.15) is 0 Å². The van der Waals surface area contributed by atoms with Gasteiger partial charge in [0, 0.05) is 48.5 Å². The first-order valence-electron chi connectivity index (χ1n) is 14.4. The van der Waals surface area contributed by atoms with E-state index in [2.05, 4.69) is 19.8 Å². The lowest BCUT2D eigenvalue weighted by Gasteiger charge is -2.05. The topological polar surface area (TPSA) is 66.0 Å². The molecule has 0 aliphatic rings. The minimum absolute atomic E-state index is 0. The molecule has 0 aliphatic heterocycles. The molecule has 0 atom stereocenters. The van der Waals surface area contributed by atoms with Crippen LogP contribution in [0, 0.1) is 0 Å². The monoisotopic (exact) mass is 615 g/mol. The van der Waals surface area contributed by atoms with Crippen LogP contribution in [0.3, 0.4) is 0 Å². The minimum atomic E-state index is -0.0848. The zero-order chi connectivity index (χ0) is 27.8. The van der Waals surface area contributed by atoms with Gasteiger partial charge in [0.25, 0.3) is 11.8 Å². The van der Waals surface area contributed by atoms with Crippen LogP contribution < -0.4 is 36.7 Å². The molecular formula is C34H40BrN4O2+. The van der Waals surface area contributed by atoms with Gasteiger partial charge in [-0.1, -0.05) is 62.1 Å². The minimum Gasteiger partial charge on any atom is -1.00 e. The van der Waals surface area contributed by atoms with E-state index in [9.17, 15) is 9.59 Å². The quantitative estimate of drug-likeness (QED) is 0.159. The van der Waals surface area contributed by atoms with Crippen molar-refractivity contribution in [2.24, 2.45) is 0 Å². The number of nitrogens with zero attached hydrogens (tertiary/aromatic N) is 2. The fraction of sp³-hybridized carbons (Fsp3) is 0.294. The maximum Gasteiger partial charge on any atom is 0.256 e. The molecule has 4 rings (SSSR count). The Bertz CT molecular complexity index is 1210. The van der Waals surface area contributed by atoms with Gasteiger partial charge in [0.1, 0.15) is 13.1 Å². The van der Waals surface area contributed by atoms with E-state index in [1.807, 2.05) is 110 Å². The number of benzene rings is 2. The molecule has 2 amide bonds. The van der Waals surface area contributed by atoms with Crippen LogP contribution in [-0.2, 0) is 13.1 Å². The molecule has 0 aliphatic carbocycles. The summed E-state index contributed by atoms with van der Waals surface area (Å²) in [6.07, 6.45) is 17.8. The highest BCUT2D eigenvalue weighted by atomic mass is 79.9. The first-order chi connectivity index (χ1) is 19.7. The summed E-state index contributed by atoms with van der Waals surface area (Å²) < 4.78 is 4.30. The van der Waals surface area contributed by atoms with Crippen molar-refractivity contribution in [1.29, 1.82) is 0 Å². The van der Waals surface area contributed by atoms with Gasteiger partial charge in [0.05, 0.1) is 11.1 Å². The predicted molar refractivity (Wildman–Crippen MR) is 159 cm³/mol. The Morgan fingerprint density at radius 3 is 1.12 bits per heavy atom. The number of halogens is 1. The van der Waals surface area contributed by atoms with Gasteiger partial charge < -0.3 is 27.6 Å². The van der Waals surface area contributed by atoms with E-state index in [0.717, 1.165) is 37.3 Å². The summed E-state index contributed by atoms with van der Waals surface area (Å²) >= 11 is 0. The average molecular weight is 617 g/mol. The lowest BCUT2D eigenvalue weighted by Crippen LogP contribution is -3.00. The van der Waals surface area contributed by atoms with Gasteiger partial charge in [-0.25, -0.2) is 9.13 Å². The van der Waals surface area contributed by atoms with Crippen LogP contribution in [0.25, 0.3) is 0 Å². The number of anilines is 2. The van der Waals surface area contributed by atoms with E-state index >= 15 is 0 Å². The number of para-hydroxylation sites is 2. The number of hydrogen-bond donors (Lipinski definition) is 2. The fourth-order valence-corrected chi connectivity index (χ4v) is 4.61. The zero-order valence-corrected chi connectivity index (χ0v) is 25.1. The summed E-state index contributed by atoms with van der Waals surface area (Å²) in [5.41, 5.74) is 2.95. The highest BCUT2D eigenvalue weighted by molar-refractivity contribution is 6.04. The molecule has 214 valence electrons. The molecule has 7 heteroatoms. The maximum atomic E-state index is 12.4. The molecule has 0 unspecified atom stereocenters. The number of amides is 2. The largest absolute Gasteiger partial charge is 1.00 e. The molecule has 0 fully saturated rings. The van der Waals surface area contributed by atoms with Crippen LogP contribution in [0.5, 0.6) is 0 Å². The summed E-state index contributed by atoms with van der Waals surface area (Å²) in [5, 5.41) is 5.84. The molecule has 41 heavy (non-hydrogen) atoms. The maximum absolute atomic E-state index is 12.4. The molecular weight excluding hydrogens is 576 g/mol. The zero-order valence-electron chi connectivity index (χ0n) is 23.6.